The van der Waals surface area contributed by atoms with Crippen LogP contribution in [0.4, 0.5) is 0 Å². The molecule has 1 aromatic rings. The zero-order chi connectivity index (χ0) is 6.69. The van der Waals surface area contributed by atoms with Gasteiger partial charge in [0.1, 0.15) is 5.75 Å². The molecule has 0 amide bonds. The Morgan fingerprint density at radius 1 is 1.22 bits per heavy atom. The number of benzene rings is 1. The van der Waals surface area contributed by atoms with Gasteiger partial charge in [0.05, 0.1) is 0 Å². The molecule has 1 aromatic carbocycles. The van der Waals surface area contributed by atoms with Crippen LogP contribution in [0.15, 0.2) is 29.2 Å². The standard InChI is InChI=1S/C6H5ClOS/c7-9-6-3-1-5(8)2-4-6/h1-4,8H. The molecular formula is C6H5ClOS. The van der Waals surface area contributed by atoms with Gasteiger partial charge in [0.25, 0.3) is 0 Å². The Hall–Kier alpha value is -0.340. The molecular weight excluding hydrogens is 156 g/mol. The van der Waals surface area contributed by atoms with Crippen LogP contribution in [0.5, 0.6) is 5.75 Å². The molecule has 0 aliphatic carbocycles. The van der Waals surface area contributed by atoms with Gasteiger partial charge in [-0.25, -0.2) is 0 Å². The summed E-state index contributed by atoms with van der Waals surface area (Å²) in [7, 11) is 6.55. The lowest BCUT2D eigenvalue weighted by molar-refractivity contribution is 0.475. The van der Waals surface area contributed by atoms with E-state index in [-0.39, 0.29) is 5.75 Å². The Balaban J connectivity index is 2.88. The minimum Gasteiger partial charge on any atom is -0.508 e. The van der Waals surface area contributed by atoms with Gasteiger partial charge >= 0.3 is 0 Å². The molecule has 0 spiro atoms. The average Bonchev–Trinajstić information content (AvgIpc) is 1.90. The van der Waals surface area contributed by atoms with Crippen LogP contribution >= 0.6 is 21.7 Å². The van der Waals surface area contributed by atoms with Crippen LogP contribution in [-0.4, -0.2) is 5.11 Å². The highest BCUT2D eigenvalue weighted by Gasteiger charge is 1.88. The first-order chi connectivity index (χ1) is 4.33. The molecule has 9 heavy (non-hydrogen) atoms. The zero-order valence-corrected chi connectivity index (χ0v) is 6.12. The summed E-state index contributed by atoms with van der Waals surface area (Å²) in [4.78, 5) is 0.939. The van der Waals surface area contributed by atoms with Crippen molar-refractivity contribution in [1.82, 2.24) is 0 Å². The van der Waals surface area contributed by atoms with Crippen molar-refractivity contribution in [1.29, 1.82) is 0 Å². The molecule has 0 radical (unpaired) electrons. The molecule has 1 rings (SSSR count). The highest BCUT2D eigenvalue weighted by Crippen LogP contribution is 2.23. The largest absolute Gasteiger partial charge is 0.508 e. The predicted molar refractivity (Wildman–Crippen MR) is 39.8 cm³/mol. The molecule has 0 aliphatic rings. The Morgan fingerprint density at radius 3 is 2.22 bits per heavy atom. The van der Waals surface area contributed by atoms with Crippen molar-refractivity contribution in [2.45, 2.75) is 4.90 Å². The van der Waals surface area contributed by atoms with Crippen molar-refractivity contribution in [2.75, 3.05) is 0 Å². The molecule has 0 saturated carbocycles. The van der Waals surface area contributed by atoms with Crippen molar-refractivity contribution in [3.63, 3.8) is 0 Å². The van der Waals surface area contributed by atoms with E-state index >= 15 is 0 Å². The number of phenols is 1. The minimum atomic E-state index is 0.268. The predicted octanol–water partition coefficient (Wildman–Crippen LogP) is 2.64. The third-order valence-corrected chi connectivity index (χ3v) is 1.91. The summed E-state index contributed by atoms with van der Waals surface area (Å²) >= 11 is 0. The summed E-state index contributed by atoms with van der Waals surface area (Å²) in [5, 5.41) is 8.80. The number of aromatic hydroxyl groups is 1. The van der Waals surface area contributed by atoms with Crippen molar-refractivity contribution in [2.24, 2.45) is 0 Å². The number of hydrogen-bond acceptors (Lipinski definition) is 2. The van der Waals surface area contributed by atoms with Crippen molar-refractivity contribution in [3.05, 3.63) is 24.3 Å². The van der Waals surface area contributed by atoms with Gasteiger partial charge in [-0.3, -0.25) is 0 Å². The van der Waals surface area contributed by atoms with E-state index in [2.05, 4.69) is 0 Å². The highest BCUT2D eigenvalue weighted by molar-refractivity contribution is 8.21. The van der Waals surface area contributed by atoms with E-state index in [0.717, 1.165) is 15.9 Å². The maximum absolute atomic E-state index is 8.80. The molecule has 0 atom stereocenters. The lowest BCUT2D eigenvalue weighted by Crippen LogP contribution is -1.64. The molecule has 0 bridgehead atoms. The average molecular weight is 161 g/mol. The zero-order valence-electron chi connectivity index (χ0n) is 4.54. The smallest absolute Gasteiger partial charge is 0.115 e. The topological polar surface area (TPSA) is 20.2 Å². The number of hydrogen-bond donors (Lipinski definition) is 1. The molecule has 0 heterocycles. The summed E-state index contributed by atoms with van der Waals surface area (Å²) in [5.74, 6) is 0.268. The third kappa shape index (κ3) is 1.80. The molecule has 0 aliphatic heterocycles. The summed E-state index contributed by atoms with van der Waals surface area (Å²) in [6, 6.07) is 6.72. The summed E-state index contributed by atoms with van der Waals surface area (Å²) < 4.78 is 0. The van der Waals surface area contributed by atoms with Crippen LogP contribution in [0.1, 0.15) is 0 Å². The summed E-state index contributed by atoms with van der Waals surface area (Å²) in [6.07, 6.45) is 0. The molecule has 0 saturated heterocycles. The van der Waals surface area contributed by atoms with Crippen molar-refractivity contribution in [3.8, 4) is 5.75 Å². The van der Waals surface area contributed by atoms with Crippen LogP contribution < -0.4 is 0 Å². The van der Waals surface area contributed by atoms with E-state index in [1.807, 2.05) is 0 Å². The summed E-state index contributed by atoms with van der Waals surface area (Å²) in [5.41, 5.74) is 0. The van der Waals surface area contributed by atoms with E-state index in [0.29, 0.717) is 0 Å². The number of rotatable bonds is 1. The van der Waals surface area contributed by atoms with Gasteiger partial charge in [0.15, 0.2) is 0 Å². The molecule has 0 fully saturated rings. The van der Waals surface area contributed by atoms with Crippen LogP contribution in [0.3, 0.4) is 0 Å². The van der Waals surface area contributed by atoms with E-state index in [4.69, 9.17) is 15.8 Å². The van der Waals surface area contributed by atoms with Crippen LogP contribution in [0.25, 0.3) is 0 Å². The Labute approximate surface area is 62.2 Å². The van der Waals surface area contributed by atoms with Crippen LogP contribution in [0, 0.1) is 0 Å². The molecule has 3 heteroatoms. The fourth-order valence-electron chi connectivity index (χ4n) is 0.498. The van der Waals surface area contributed by atoms with Crippen molar-refractivity contribution < 1.29 is 5.11 Å². The van der Waals surface area contributed by atoms with Crippen LogP contribution in [-0.2, 0) is 0 Å². The van der Waals surface area contributed by atoms with Crippen molar-refractivity contribution >= 4 is 21.7 Å². The second-order valence-electron chi connectivity index (χ2n) is 1.57. The van der Waals surface area contributed by atoms with Gasteiger partial charge in [-0.2, -0.15) is 0 Å². The van der Waals surface area contributed by atoms with Crippen LogP contribution in [0.2, 0.25) is 0 Å². The third-order valence-electron chi connectivity index (χ3n) is 0.926. The lowest BCUT2D eigenvalue weighted by atomic mass is 10.3. The molecule has 1 nitrogen and oxygen atoms in total. The second kappa shape index (κ2) is 2.99. The fourth-order valence-corrected chi connectivity index (χ4v) is 1.05. The number of halogens is 1. The number of phenolic OH excluding ortho intramolecular Hbond substituents is 1. The lowest BCUT2D eigenvalue weighted by Gasteiger charge is -1.91. The van der Waals surface area contributed by atoms with Gasteiger partial charge in [0, 0.05) is 4.90 Å². The van der Waals surface area contributed by atoms with Gasteiger partial charge in [0.2, 0.25) is 0 Å². The van der Waals surface area contributed by atoms with E-state index in [1.165, 1.54) is 0 Å². The first kappa shape index (κ1) is 6.78. The normalized spacial score (nSPS) is 9.44. The quantitative estimate of drug-likeness (QED) is 0.682. The second-order valence-corrected chi connectivity index (χ2v) is 2.66. The Kier molecular flexibility index (Phi) is 2.25. The van der Waals surface area contributed by atoms with Gasteiger partial charge in [-0.15, -0.1) is 0 Å². The maximum atomic E-state index is 8.80. The fraction of sp³-hybridized carbons (Fsp3) is 0. The maximum Gasteiger partial charge on any atom is 0.115 e. The van der Waals surface area contributed by atoms with E-state index in [1.54, 1.807) is 24.3 Å². The molecule has 0 aromatic heterocycles. The minimum absolute atomic E-state index is 0.268. The first-order valence-corrected chi connectivity index (χ1v) is 4.05. The molecule has 1 N–H and O–H groups in total. The molecule has 48 valence electrons. The Morgan fingerprint density at radius 2 is 1.78 bits per heavy atom. The monoisotopic (exact) mass is 160 g/mol. The molecule has 0 unspecified atom stereocenters. The SMILES string of the molecule is Oc1ccc(SCl)cc1. The van der Waals surface area contributed by atoms with Gasteiger partial charge < -0.3 is 5.11 Å². The Bertz CT molecular complexity index is 185. The van der Waals surface area contributed by atoms with E-state index in [9.17, 15) is 0 Å². The van der Waals surface area contributed by atoms with Gasteiger partial charge in [-0.1, -0.05) is 0 Å². The summed E-state index contributed by atoms with van der Waals surface area (Å²) in [6.45, 7) is 0. The van der Waals surface area contributed by atoms with E-state index < -0.39 is 0 Å². The van der Waals surface area contributed by atoms with Gasteiger partial charge in [-0.05, 0) is 45.9 Å². The highest BCUT2D eigenvalue weighted by atomic mass is 35.7. The first-order valence-electron chi connectivity index (χ1n) is 2.40.